The molecule has 3 N–H and O–H groups in total. The molecular weight excluding hydrogens is 432 g/mol. The molecule has 5 rings (SSSR count). The first kappa shape index (κ1) is 21.9. The topological polar surface area (TPSA) is 108 Å². The lowest BCUT2D eigenvalue weighted by molar-refractivity contribution is 0.0342. The Morgan fingerprint density at radius 2 is 1.79 bits per heavy atom. The number of amides is 1. The van der Waals surface area contributed by atoms with E-state index < -0.39 is 11.3 Å². The summed E-state index contributed by atoms with van der Waals surface area (Å²) in [4.78, 5) is 32.9. The lowest BCUT2D eigenvalue weighted by Crippen LogP contribution is -2.35. The molecule has 1 unspecified atom stereocenters. The summed E-state index contributed by atoms with van der Waals surface area (Å²) in [6.07, 6.45) is 1.46. The zero-order chi connectivity index (χ0) is 23.5. The van der Waals surface area contributed by atoms with Crippen LogP contribution in [0.25, 0.3) is 0 Å². The number of hydrogen-bond acceptors (Lipinski definition) is 6. The molecule has 34 heavy (non-hydrogen) atoms. The normalized spacial score (nSPS) is 17.5. The van der Waals surface area contributed by atoms with Gasteiger partial charge in [-0.3, -0.25) is 14.5 Å². The first-order chi connectivity index (χ1) is 16.6. The molecule has 0 aliphatic carbocycles. The minimum atomic E-state index is -0.603. The van der Waals surface area contributed by atoms with E-state index in [4.69, 9.17) is 4.74 Å². The summed E-state index contributed by atoms with van der Waals surface area (Å²) < 4.78 is 5.40. The van der Waals surface area contributed by atoms with Crippen LogP contribution in [0.1, 0.15) is 44.3 Å². The van der Waals surface area contributed by atoms with Crippen molar-refractivity contribution in [3.05, 3.63) is 92.7 Å². The Bertz CT molecular complexity index is 1330. The Kier molecular flexibility index (Phi) is 6.12. The molecule has 1 aromatic heterocycles. The van der Waals surface area contributed by atoms with E-state index in [1.807, 2.05) is 24.3 Å². The van der Waals surface area contributed by atoms with Crippen molar-refractivity contribution in [1.29, 1.82) is 0 Å². The first-order valence-electron chi connectivity index (χ1n) is 11.2. The zero-order valence-electron chi connectivity index (χ0n) is 18.5. The van der Waals surface area contributed by atoms with Crippen molar-refractivity contribution >= 4 is 5.91 Å². The molecule has 8 heteroatoms. The Morgan fingerprint density at radius 3 is 2.59 bits per heavy atom. The molecule has 1 saturated heterocycles. The van der Waals surface area contributed by atoms with Crippen molar-refractivity contribution in [2.75, 3.05) is 26.3 Å². The number of carbonyl (C=O) groups excluding carboxylic acids is 1. The smallest absolute Gasteiger partial charge is 0.293 e. The van der Waals surface area contributed by atoms with Gasteiger partial charge in [-0.2, -0.15) is 0 Å². The maximum absolute atomic E-state index is 12.5. The Balaban J connectivity index is 1.29. The largest absolute Gasteiger partial charge is 0.502 e. The number of nitrogens with one attached hydrogen (secondary N) is 2. The van der Waals surface area contributed by atoms with Gasteiger partial charge in [0.2, 0.25) is 5.75 Å². The van der Waals surface area contributed by atoms with E-state index in [-0.39, 0.29) is 24.1 Å². The van der Waals surface area contributed by atoms with E-state index in [9.17, 15) is 14.7 Å². The standard InChI is InChI=1S/C26H24N4O4/c31-24-23(27-16-28-26(24)33)14-22-20-8-7-18(13-21(20)25(32)29-22)4-1-17-2-5-19(6-3-17)15-30-9-11-34-12-10-30/h2-3,5-8,13,16,22,31H,9-12,14-15H2,(H,29,32)(H,27,28,33). The highest BCUT2D eigenvalue weighted by Gasteiger charge is 2.30. The van der Waals surface area contributed by atoms with Crippen LogP contribution in [0.2, 0.25) is 0 Å². The molecule has 172 valence electrons. The van der Waals surface area contributed by atoms with Crippen LogP contribution in [0.4, 0.5) is 0 Å². The van der Waals surface area contributed by atoms with Gasteiger partial charge in [0, 0.05) is 42.7 Å². The molecule has 3 aromatic rings. The Morgan fingerprint density at radius 1 is 1.06 bits per heavy atom. The molecular formula is C26H24N4O4. The number of morpholine rings is 1. The molecule has 3 heterocycles. The van der Waals surface area contributed by atoms with Crippen molar-refractivity contribution in [3.8, 4) is 17.6 Å². The predicted molar refractivity (Wildman–Crippen MR) is 125 cm³/mol. The van der Waals surface area contributed by atoms with Crippen LogP contribution in [0, 0.1) is 11.8 Å². The second-order valence-corrected chi connectivity index (χ2v) is 8.39. The summed E-state index contributed by atoms with van der Waals surface area (Å²) >= 11 is 0. The Hall–Kier alpha value is -3.93. The highest BCUT2D eigenvalue weighted by atomic mass is 16.5. The fraction of sp³-hybridized carbons (Fsp3) is 0.269. The lowest BCUT2D eigenvalue weighted by Gasteiger charge is -2.26. The van der Waals surface area contributed by atoms with E-state index in [2.05, 4.69) is 44.2 Å². The third-order valence-electron chi connectivity index (χ3n) is 6.10. The second-order valence-electron chi connectivity index (χ2n) is 8.39. The quantitative estimate of drug-likeness (QED) is 0.516. The monoisotopic (exact) mass is 456 g/mol. The number of hydrogen-bond donors (Lipinski definition) is 3. The van der Waals surface area contributed by atoms with E-state index in [1.165, 1.54) is 11.9 Å². The molecule has 1 amide bonds. The lowest BCUT2D eigenvalue weighted by atomic mass is 9.98. The van der Waals surface area contributed by atoms with Crippen molar-refractivity contribution in [2.45, 2.75) is 19.0 Å². The average Bonchev–Trinajstić information content (AvgIpc) is 3.17. The summed E-state index contributed by atoms with van der Waals surface area (Å²) in [7, 11) is 0. The van der Waals surface area contributed by atoms with Crippen LogP contribution >= 0.6 is 0 Å². The van der Waals surface area contributed by atoms with Crippen molar-refractivity contribution < 1.29 is 14.6 Å². The number of aromatic nitrogens is 2. The highest BCUT2D eigenvalue weighted by molar-refractivity contribution is 5.99. The van der Waals surface area contributed by atoms with Gasteiger partial charge in [-0.15, -0.1) is 0 Å². The van der Waals surface area contributed by atoms with E-state index in [1.54, 1.807) is 6.07 Å². The minimum Gasteiger partial charge on any atom is -0.502 e. The van der Waals surface area contributed by atoms with Crippen molar-refractivity contribution in [2.24, 2.45) is 0 Å². The predicted octanol–water partition coefficient (Wildman–Crippen LogP) is 1.73. The van der Waals surface area contributed by atoms with E-state index in [0.717, 1.165) is 49.5 Å². The molecule has 2 aliphatic heterocycles. The van der Waals surface area contributed by atoms with Crippen molar-refractivity contribution in [1.82, 2.24) is 20.2 Å². The molecule has 0 radical (unpaired) electrons. The molecule has 1 fully saturated rings. The number of ether oxygens (including phenoxy) is 1. The maximum Gasteiger partial charge on any atom is 0.293 e. The van der Waals surface area contributed by atoms with Crippen LogP contribution in [-0.4, -0.2) is 52.2 Å². The van der Waals surface area contributed by atoms with Gasteiger partial charge in [0.1, 0.15) is 0 Å². The van der Waals surface area contributed by atoms with Gasteiger partial charge in [0.05, 0.1) is 31.3 Å². The summed E-state index contributed by atoms with van der Waals surface area (Å²) in [6, 6.07) is 13.4. The van der Waals surface area contributed by atoms with Gasteiger partial charge in [-0.1, -0.05) is 30.0 Å². The first-order valence-corrected chi connectivity index (χ1v) is 11.2. The molecule has 0 bridgehead atoms. The van der Waals surface area contributed by atoms with Crippen LogP contribution in [0.5, 0.6) is 5.75 Å². The fourth-order valence-corrected chi connectivity index (χ4v) is 4.24. The summed E-state index contributed by atoms with van der Waals surface area (Å²) in [6.45, 7) is 4.39. The van der Waals surface area contributed by atoms with E-state index in [0.29, 0.717) is 5.56 Å². The van der Waals surface area contributed by atoms with Crippen LogP contribution in [0.3, 0.4) is 0 Å². The van der Waals surface area contributed by atoms with Gasteiger partial charge in [0.15, 0.2) is 0 Å². The number of H-pyrrole nitrogens is 1. The number of nitrogens with zero attached hydrogens (tertiary/aromatic N) is 2. The van der Waals surface area contributed by atoms with Gasteiger partial charge in [-0.25, -0.2) is 4.98 Å². The molecule has 1 atom stereocenters. The highest BCUT2D eigenvalue weighted by Crippen LogP contribution is 2.29. The van der Waals surface area contributed by atoms with Gasteiger partial charge < -0.3 is 20.1 Å². The van der Waals surface area contributed by atoms with Gasteiger partial charge >= 0.3 is 0 Å². The maximum atomic E-state index is 12.5. The molecule has 0 saturated carbocycles. The second kappa shape index (κ2) is 9.51. The van der Waals surface area contributed by atoms with Crippen LogP contribution < -0.4 is 10.9 Å². The van der Waals surface area contributed by atoms with Crippen molar-refractivity contribution in [3.63, 3.8) is 0 Å². The van der Waals surface area contributed by atoms with E-state index >= 15 is 0 Å². The number of rotatable bonds is 4. The molecule has 0 spiro atoms. The SMILES string of the molecule is O=C1NC(Cc2nc[nH]c(=O)c2O)c2ccc(C#Cc3ccc(CN4CCOCC4)cc3)cc21. The summed E-state index contributed by atoms with van der Waals surface area (Å²) in [5.74, 6) is 5.67. The zero-order valence-corrected chi connectivity index (χ0v) is 18.5. The number of fused-ring (bicyclic) bond motifs is 1. The summed E-state index contributed by atoms with van der Waals surface area (Å²) in [5.41, 5.74) is 3.87. The summed E-state index contributed by atoms with van der Waals surface area (Å²) in [5, 5.41) is 12.8. The minimum absolute atomic E-state index is 0.208. The van der Waals surface area contributed by atoms with Gasteiger partial charge in [-0.05, 0) is 35.4 Å². The third kappa shape index (κ3) is 4.71. The molecule has 8 nitrogen and oxygen atoms in total. The number of benzene rings is 2. The van der Waals surface area contributed by atoms with Crippen LogP contribution in [0.15, 0.2) is 53.6 Å². The molecule has 2 aromatic carbocycles. The fourth-order valence-electron chi connectivity index (χ4n) is 4.24. The average molecular weight is 457 g/mol. The Labute approximate surface area is 196 Å². The van der Waals surface area contributed by atoms with Crippen LogP contribution in [-0.2, 0) is 17.7 Å². The third-order valence-corrected chi connectivity index (χ3v) is 6.10. The number of aromatic hydroxyl groups is 1. The number of carbonyl (C=O) groups is 1. The van der Waals surface area contributed by atoms with Gasteiger partial charge in [0.25, 0.3) is 11.5 Å². The molecule has 2 aliphatic rings. The number of aromatic amines is 1.